The third-order valence-corrected chi connectivity index (χ3v) is 6.96. The van der Waals surface area contributed by atoms with Crippen molar-refractivity contribution in [2.45, 2.75) is 32.5 Å². The minimum Gasteiger partial charge on any atom is -0.507 e. The molecule has 42 heavy (non-hydrogen) atoms. The molecular formula is C34H32N2O6. The normalized spacial score (nSPS) is 16.0. The topological polar surface area (TPSA) is 98.2 Å². The number of ether oxygens (including phenoxy) is 3. The number of hydrogen-bond acceptors (Lipinski definition) is 7. The van der Waals surface area contributed by atoms with Crippen molar-refractivity contribution < 1.29 is 28.9 Å². The summed E-state index contributed by atoms with van der Waals surface area (Å²) in [5.74, 6) is -0.245. The van der Waals surface area contributed by atoms with Crippen LogP contribution in [-0.2, 0) is 22.7 Å². The molecule has 0 bridgehead atoms. The van der Waals surface area contributed by atoms with E-state index in [-0.39, 0.29) is 17.9 Å². The molecule has 0 radical (unpaired) electrons. The van der Waals surface area contributed by atoms with Crippen molar-refractivity contribution >= 4 is 17.4 Å². The highest BCUT2D eigenvalue weighted by molar-refractivity contribution is 6.46. The van der Waals surface area contributed by atoms with E-state index in [9.17, 15) is 14.7 Å². The monoisotopic (exact) mass is 564 g/mol. The van der Waals surface area contributed by atoms with Gasteiger partial charge in [-0.15, -0.1) is 0 Å². The largest absolute Gasteiger partial charge is 0.507 e. The molecule has 0 saturated carbocycles. The average molecular weight is 565 g/mol. The predicted octanol–water partition coefficient (Wildman–Crippen LogP) is 6.08. The molecule has 214 valence electrons. The lowest BCUT2D eigenvalue weighted by atomic mass is 9.94. The Kier molecular flexibility index (Phi) is 8.82. The van der Waals surface area contributed by atoms with Gasteiger partial charge >= 0.3 is 0 Å². The fraction of sp³-hybridized carbons (Fsp3) is 0.206. The smallest absolute Gasteiger partial charge is 0.295 e. The molecule has 1 amide bonds. The van der Waals surface area contributed by atoms with E-state index >= 15 is 0 Å². The van der Waals surface area contributed by atoms with Gasteiger partial charge in [-0.25, -0.2) is 0 Å². The van der Waals surface area contributed by atoms with Gasteiger partial charge in [0.05, 0.1) is 25.3 Å². The minimum atomic E-state index is -0.879. The summed E-state index contributed by atoms with van der Waals surface area (Å²) in [7, 11) is 1.53. The molecule has 8 nitrogen and oxygen atoms in total. The zero-order chi connectivity index (χ0) is 29.5. The van der Waals surface area contributed by atoms with Crippen molar-refractivity contribution in [3.05, 3.63) is 125 Å². The molecule has 4 aromatic rings. The third kappa shape index (κ3) is 6.12. The highest BCUT2D eigenvalue weighted by Gasteiger charge is 2.46. The highest BCUT2D eigenvalue weighted by atomic mass is 16.5. The number of Topliss-reactive ketones (excluding diaryl/α,β-unsaturated/α-hetero) is 1. The third-order valence-electron chi connectivity index (χ3n) is 6.96. The van der Waals surface area contributed by atoms with Gasteiger partial charge in [-0.3, -0.25) is 14.6 Å². The summed E-state index contributed by atoms with van der Waals surface area (Å²) in [6.07, 6.45) is 4.08. The minimum absolute atomic E-state index is 0.0123. The van der Waals surface area contributed by atoms with Gasteiger partial charge in [0.2, 0.25) is 0 Å². The first-order valence-electron chi connectivity index (χ1n) is 13.7. The predicted molar refractivity (Wildman–Crippen MR) is 158 cm³/mol. The van der Waals surface area contributed by atoms with Crippen LogP contribution >= 0.6 is 0 Å². The summed E-state index contributed by atoms with van der Waals surface area (Å²) in [5, 5.41) is 11.5. The molecular weight excluding hydrogens is 532 g/mol. The van der Waals surface area contributed by atoms with Crippen LogP contribution in [0.3, 0.4) is 0 Å². The van der Waals surface area contributed by atoms with E-state index in [4.69, 9.17) is 14.2 Å². The fourth-order valence-electron chi connectivity index (χ4n) is 4.89. The number of benzene rings is 3. The van der Waals surface area contributed by atoms with Gasteiger partial charge in [-0.1, -0.05) is 55.5 Å². The molecule has 1 aliphatic heterocycles. The maximum atomic E-state index is 13.5. The number of carbonyl (C=O) groups is 2. The summed E-state index contributed by atoms with van der Waals surface area (Å²) in [6, 6.07) is 24.6. The van der Waals surface area contributed by atoms with E-state index < -0.39 is 17.7 Å². The SMILES string of the molecule is CCCOc1cccc(/C(O)=C2\C(=O)C(=O)N(Cc3ccncc3)C2c2ccc(OCc3ccccc3)c(OC)c2)c1. The Morgan fingerprint density at radius 3 is 2.40 bits per heavy atom. The first-order chi connectivity index (χ1) is 20.5. The molecule has 0 aliphatic carbocycles. The van der Waals surface area contributed by atoms with Crippen LogP contribution in [0.2, 0.25) is 0 Å². The number of carbonyl (C=O) groups excluding carboxylic acids is 2. The van der Waals surface area contributed by atoms with Crippen molar-refractivity contribution in [3.8, 4) is 17.2 Å². The summed E-state index contributed by atoms with van der Waals surface area (Å²) < 4.78 is 17.4. The molecule has 1 aromatic heterocycles. The molecule has 1 unspecified atom stereocenters. The van der Waals surface area contributed by atoms with Gasteiger partial charge in [-0.2, -0.15) is 0 Å². The van der Waals surface area contributed by atoms with Gasteiger partial charge in [0.15, 0.2) is 11.5 Å². The number of nitrogens with zero attached hydrogens (tertiary/aromatic N) is 2. The first-order valence-corrected chi connectivity index (χ1v) is 13.7. The van der Waals surface area contributed by atoms with Gasteiger partial charge in [0, 0.05) is 24.5 Å². The molecule has 1 atom stereocenters. The van der Waals surface area contributed by atoms with Crippen molar-refractivity contribution in [2.24, 2.45) is 0 Å². The molecule has 5 rings (SSSR count). The van der Waals surface area contributed by atoms with Crippen LogP contribution in [0.15, 0.2) is 103 Å². The van der Waals surface area contributed by atoms with Gasteiger partial charge in [0.1, 0.15) is 18.1 Å². The fourth-order valence-corrected chi connectivity index (χ4v) is 4.89. The van der Waals surface area contributed by atoms with Gasteiger partial charge < -0.3 is 24.2 Å². The van der Waals surface area contributed by atoms with Crippen molar-refractivity contribution in [1.82, 2.24) is 9.88 Å². The summed E-state index contributed by atoms with van der Waals surface area (Å²) in [6.45, 7) is 3.00. The number of likely N-dealkylation sites (tertiary alicyclic amines) is 1. The summed E-state index contributed by atoms with van der Waals surface area (Å²) in [5.41, 5.74) is 2.75. The number of rotatable bonds is 11. The van der Waals surface area contributed by atoms with Crippen molar-refractivity contribution in [3.63, 3.8) is 0 Å². The van der Waals surface area contributed by atoms with Crippen molar-refractivity contribution in [1.29, 1.82) is 0 Å². The van der Waals surface area contributed by atoms with Gasteiger partial charge in [-0.05, 0) is 59.5 Å². The second-order valence-corrected chi connectivity index (χ2v) is 9.84. The van der Waals surface area contributed by atoms with Crippen LogP contribution in [0.25, 0.3) is 5.76 Å². The van der Waals surface area contributed by atoms with Crippen LogP contribution in [0.1, 0.15) is 41.6 Å². The van der Waals surface area contributed by atoms with E-state index in [1.807, 2.05) is 37.3 Å². The quantitative estimate of drug-likeness (QED) is 0.134. The number of hydrogen-bond donors (Lipinski definition) is 1. The Bertz CT molecular complexity index is 1590. The number of ketones is 1. The number of aliphatic hydroxyl groups is 1. The lowest BCUT2D eigenvalue weighted by Crippen LogP contribution is -2.29. The number of pyridine rings is 1. The molecule has 3 aromatic carbocycles. The Hall–Kier alpha value is -5.11. The number of amides is 1. The van der Waals surface area contributed by atoms with E-state index in [1.54, 1.807) is 67.0 Å². The average Bonchev–Trinajstić information content (AvgIpc) is 3.28. The van der Waals surface area contributed by atoms with E-state index in [2.05, 4.69) is 4.98 Å². The van der Waals surface area contributed by atoms with E-state index in [1.165, 1.54) is 12.0 Å². The zero-order valence-corrected chi connectivity index (χ0v) is 23.5. The number of aromatic nitrogens is 1. The molecule has 1 saturated heterocycles. The van der Waals surface area contributed by atoms with E-state index in [0.717, 1.165) is 17.5 Å². The maximum Gasteiger partial charge on any atom is 0.295 e. The molecule has 0 spiro atoms. The van der Waals surface area contributed by atoms with Crippen molar-refractivity contribution in [2.75, 3.05) is 13.7 Å². The molecule has 1 fully saturated rings. The highest BCUT2D eigenvalue weighted by Crippen LogP contribution is 2.43. The van der Waals surface area contributed by atoms with Crippen LogP contribution < -0.4 is 14.2 Å². The number of aliphatic hydroxyl groups excluding tert-OH is 1. The Morgan fingerprint density at radius 2 is 1.67 bits per heavy atom. The Labute approximate surface area is 244 Å². The van der Waals surface area contributed by atoms with Crippen LogP contribution in [0, 0.1) is 0 Å². The Morgan fingerprint density at radius 1 is 0.881 bits per heavy atom. The molecule has 8 heteroatoms. The van der Waals surface area contributed by atoms with Crippen LogP contribution in [-0.4, -0.2) is 40.4 Å². The Balaban J connectivity index is 1.56. The number of methoxy groups -OCH3 is 1. The summed E-state index contributed by atoms with van der Waals surface area (Å²) >= 11 is 0. The lowest BCUT2D eigenvalue weighted by Gasteiger charge is -2.26. The first kappa shape index (κ1) is 28.4. The lowest BCUT2D eigenvalue weighted by molar-refractivity contribution is -0.140. The van der Waals surface area contributed by atoms with Gasteiger partial charge in [0.25, 0.3) is 11.7 Å². The second-order valence-electron chi connectivity index (χ2n) is 9.84. The van der Waals surface area contributed by atoms with Crippen LogP contribution in [0.4, 0.5) is 0 Å². The summed E-state index contributed by atoms with van der Waals surface area (Å²) in [4.78, 5) is 32.5. The zero-order valence-electron chi connectivity index (χ0n) is 23.5. The molecule has 2 heterocycles. The maximum absolute atomic E-state index is 13.5. The molecule has 1 N–H and O–H groups in total. The van der Waals surface area contributed by atoms with Crippen LogP contribution in [0.5, 0.6) is 17.2 Å². The van der Waals surface area contributed by atoms with E-state index in [0.29, 0.717) is 41.6 Å². The standard InChI is InChI=1S/C34H32N2O6/c1-3-18-41-27-11-7-10-26(19-27)32(37)30-31(36(34(39)33(30)38)21-23-14-16-35-17-15-23)25-12-13-28(29(20-25)40-2)42-22-24-8-5-4-6-9-24/h4-17,19-20,31,37H,3,18,21-22H2,1-2H3/b32-30+. The molecule has 1 aliphatic rings. The second kappa shape index (κ2) is 13.0.